The fourth-order valence-corrected chi connectivity index (χ4v) is 3.69. The number of hydrogen-bond donors (Lipinski definition) is 1. The molecule has 1 N–H and O–H groups in total. The van der Waals surface area contributed by atoms with Crippen LogP contribution >= 0.6 is 0 Å². The highest BCUT2D eigenvalue weighted by Gasteiger charge is 2.42. The zero-order valence-electron chi connectivity index (χ0n) is 14.2. The lowest BCUT2D eigenvalue weighted by Gasteiger charge is -2.40. The van der Waals surface area contributed by atoms with Crippen molar-refractivity contribution in [3.05, 3.63) is 41.9 Å². The predicted octanol–water partition coefficient (Wildman–Crippen LogP) is 1.26. The fourth-order valence-electron chi connectivity index (χ4n) is 3.69. The molecule has 2 aromatic heterocycles. The molecular formula is C18H22N4O3. The minimum atomic E-state index is -0.148. The summed E-state index contributed by atoms with van der Waals surface area (Å²) in [5, 5.41) is 13.0. The summed E-state index contributed by atoms with van der Waals surface area (Å²) in [7, 11) is 0. The summed E-state index contributed by atoms with van der Waals surface area (Å²) >= 11 is 0. The molecule has 2 aromatic rings. The highest BCUT2D eigenvalue weighted by atomic mass is 16.5. The molecule has 25 heavy (non-hydrogen) atoms. The Morgan fingerprint density at radius 3 is 2.84 bits per heavy atom. The first kappa shape index (κ1) is 16.1. The molecule has 0 aromatic carbocycles. The lowest BCUT2D eigenvalue weighted by Crippen LogP contribution is -2.51. The topological polar surface area (TPSA) is 82.7 Å². The zero-order valence-corrected chi connectivity index (χ0v) is 14.2. The van der Waals surface area contributed by atoms with Gasteiger partial charge in [-0.25, -0.2) is 4.98 Å². The summed E-state index contributed by atoms with van der Waals surface area (Å²) in [6.07, 6.45) is 1.79. The molecule has 2 aliphatic rings. The van der Waals surface area contributed by atoms with Crippen molar-refractivity contribution < 1.29 is 14.4 Å². The smallest absolute Gasteiger partial charge is 0.227 e. The van der Waals surface area contributed by atoms with Crippen LogP contribution in [0.1, 0.15) is 24.3 Å². The minimum Gasteiger partial charge on any atom is -0.388 e. The van der Waals surface area contributed by atoms with Crippen LogP contribution in [0.5, 0.6) is 0 Å². The van der Waals surface area contributed by atoms with Gasteiger partial charge in [0.2, 0.25) is 5.91 Å². The van der Waals surface area contributed by atoms with E-state index in [2.05, 4.69) is 22.0 Å². The fraction of sp³-hybridized carbons (Fsp3) is 0.500. The SMILES string of the molecule is C[C@@H]1CN(c2ccccn2)C[C@H]1C(=O)N1CC(c2cc(CO)on2)C1. The Labute approximate surface area is 146 Å². The molecule has 4 heterocycles. The molecule has 1 amide bonds. The first-order valence-corrected chi connectivity index (χ1v) is 8.67. The number of aromatic nitrogens is 2. The second-order valence-electron chi connectivity index (χ2n) is 6.99. The number of hydrogen-bond acceptors (Lipinski definition) is 6. The van der Waals surface area contributed by atoms with Crippen molar-refractivity contribution in [1.82, 2.24) is 15.0 Å². The molecule has 2 saturated heterocycles. The molecule has 4 rings (SSSR count). The van der Waals surface area contributed by atoms with Gasteiger partial charge in [0.15, 0.2) is 5.76 Å². The van der Waals surface area contributed by atoms with Crippen molar-refractivity contribution in [2.45, 2.75) is 19.4 Å². The molecule has 0 bridgehead atoms. The lowest BCUT2D eigenvalue weighted by molar-refractivity contribution is -0.140. The van der Waals surface area contributed by atoms with Gasteiger partial charge in [0.1, 0.15) is 12.4 Å². The molecular weight excluding hydrogens is 320 g/mol. The third-order valence-corrected chi connectivity index (χ3v) is 5.25. The maximum Gasteiger partial charge on any atom is 0.227 e. The monoisotopic (exact) mass is 342 g/mol. The van der Waals surface area contributed by atoms with Gasteiger partial charge in [-0.05, 0) is 18.1 Å². The van der Waals surface area contributed by atoms with Crippen LogP contribution in [-0.2, 0) is 11.4 Å². The molecule has 0 saturated carbocycles. The number of carbonyl (C=O) groups excluding carboxylic acids is 1. The number of nitrogens with zero attached hydrogens (tertiary/aromatic N) is 4. The van der Waals surface area contributed by atoms with Gasteiger partial charge in [0, 0.05) is 44.4 Å². The zero-order chi connectivity index (χ0) is 17.4. The highest BCUT2D eigenvalue weighted by molar-refractivity contribution is 5.81. The molecule has 0 aliphatic carbocycles. The van der Waals surface area contributed by atoms with Crippen LogP contribution < -0.4 is 4.90 Å². The van der Waals surface area contributed by atoms with Crippen molar-refractivity contribution in [2.75, 3.05) is 31.1 Å². The first-order valence-electron chi connectivity index (χ1n) is 8.67. The summed E-state index contributed by atoms with van der Waals surface area (Å²) in [5.74, 6) is 2.14. The number of likely N-dealkylation sites (tertiary alicyclic amines) is 1. The van der Waals surface area contributed by atoms with Crippen molar-refractivity contribution in [2.24, 2.45) is 11.8 Å². The van der Waals surface area contributed by atoms with Crippen LogP contribution in [-0.4, -0.2) is 52.2 Å². The van der Waals surface area contributed by atoms with Gasteiger partial charge in [-0.2, -0.15) is 0 Å². The van der Waals surface area contributed by atoms with Gasteiger partial charge in [-0.1, -0.05) is 18.1 Å². The molecule has 2 aliphatic heterocycles. The Morgan fingerprint density at radius 2 is 2.16 bits per heavy atom. The van der Waals surface area contributed by atoms with Crippen molar-refractivity contribution in [1.29, 1.82) is 0 Å². The van der Waals surface area contributed by atoms with E-state index in [1.165, 1.54) is 0 Å². The molecule has 2 fully saturated rings. The van der Waals surface area contributed by atoms with Gasteiger partial charge in [0.25, 0.3) is 0 Å². The summed E-state index contributed by atoms with van der Waals surface area (Å²) in [6, 6.07) is 7.63. The quantitative estimate of drug-likeness (QED) is 0.901. The van der Waals surface area contributed by atoms with Crippen molar-refractivity contribution in [3.63, 3.8) is 0 Å². The Balaban J connectivity index is 1.36. The van der Waals surface area contributed by atoms with Crippen LogP contribution in [0.4, 0.5) is 5.82 Å². The molecule has 132 valence electrons. The van der Waals surface area contributed by atoms with Crippen LogP contribution in [0.25, 0.3) is 0 Å². The van der Waals surface area contributed by atoms with E-state index in [1.54, 1.807) is 12.3 Å². The summed E-state index contributed by atoms with van der Waals surface area (Å²) in [6.45, 7) is 4.90. The Morgan fingerprint density at radius 1 is 1.32 bits per heavy atom. The maximum atomic E-state index is 12.8. The van der Waals surface area contributed by atoms with Gasteiger partial charge >= 0.3 is 0 Å². The molecule has 0 radical (unpaired) electrons. The van der Waals surface area contributed by atoms with Crippen LogP contribution in [0.3, 0.4) is 0 Å². The summed E-state index contributed by atoms with van der Waals surface area (Å²) in [5.41, 5.74) is 0.822. The van der Waals surface area contributed by atoms with Crippen molar-refractivity contribution in [3.8, 4) is 0 Å². The Bertz CT molecular complexity index is 742. The lowest BCUT2D eigenvalue weighted by atomic mass is 9.91. The third-order valence-electron chi connectivity index (χ3n) is 5.25. The van der Waals surface area contributed by atoms with Gasteiger partial charge in [-0.3, -0.25) is 4.79 Å². The van der Waals surface area contributed by atoms with Gasteiger partial charge < -0.3 is 19.4 Å². The average molecular weight is 342 g/mol. The first-order chi connectivity index (χ1) is 12.2. The van der Waals surface area contributed by atoms with E-state index in [1.807, 2.05) is 23.1 Å². The number of rotatable bonds is 4. The maximum absolute atomic E-state index is 12.8. The minimum absolute atomic E-state index is 0.00766. The van der Waals surface area contributed by atoms with Crippen LogP contribution in [0, 0.1) is 11.8 Å². The van der Waals surface area contributed by atoms with E-state index in [4.69, 9.17) is 9.63 Å². The van der Waals surface area contributed by atoms with E-state index >= 15 is 0 Å². The second-order valence-corrected chi connectivity index (χ2v) is 6.99. The van der Waals surface area contributed by atoms with E-state index < -0.39 is 0 Å². The molecule has 0 unspecified atom stereocenters. The number of aliphatic hydroxyl groups excluding tert-OH is 1. The van der Waals surface area contributed by atoms with Gasteiger partial charge in [0.05, 0.1) is 11.6 Å². The van der Waals surface area contributed by atoms with Crippen molar-refractivity contribution >= 4 is 11.7 Å². The molecule has 2 atom stereocenters. The standard InChI is InChI=1S/C18H22N4O3/c1-12-7-21(17-4-2-3-5-19-17)10-15(12)18(24)22-8-13(9-22)16-6-14(11-23)25-20-16/h2-6,12-13,15,23H,7-11H2,1H3/t12-,15-/m1/s1. The summed E-state index contributed by atoms with van der Waals surface area (Å²) in [4.78, 5) is 21.3. The number of carbonyl (C=O) groups is 1. The predicted molar refractivity (Wildman–Crippen MR) is 90.9 cm³/mol. The van der Waals surface area contributed by atoms with Gasteiger partial charge in [-0.15, -0.1) is 0 Å². The van der Waals surface area contributed by atoms with E-state index in [0.29, 0.717) is 24.8 Å². The number of pyridine rings is 1. The number of aliphatic hydroxyl groups is 1. The van der Waals surface area contributed by atoms with E-state index in [9.17, 15) is 4.79 Å². The Kier molecular flexibility index (Phi) is 4.17. The normalized spacial score (nSPS) is 23.8. The Hall–Kier alpha value is -2.41. The van der Waals surface area contributed by atoms with E-state index in [0.717, 1.165) is 24.6 Å². The van der Waals surface area contributed by atoms with Crippen LogP contribution in [0.2, 0.25) is 0 Å². The number of anilines is 1. The summed E-state index contributed by atoms with van der Waals surface area (Å²) < 4.78 is 5.03. The molecule has 7 nitrogen and oxygen atoms in total. The van der Waals surface area contributed by atoms with Crippen LogP contribution in [0.15, 0.2) is 35.0 Å². The molecule has 7 heteroatoms. The average Bonchev–Trinajstić information content (AvgIpc) is 3.21. The second kappa shape index (κ2) is 6.48. The number of amides is 1. The third kappa shape index (κ3) is 3.00. The highest BCUT2D eigenvalue weighted by Crippen LogP contribution is 2.33. The van der Waals surface area contributed by atoms with E-state index in [-0.39, 0.29) is 24.3 Å². The largest absolute Gasteiger partial charge is 0.388 e. The molecule has 0 spiro atoms.